The van der Waals surface area contributed by atoms with Crippen LogP contribution in [0, 0.1) is 6.92 Å². The first kappa shape index (κ1) is 13.5. The number of nitrogens with two attached hydrogens (primary N) is 1. The number of likely N-dealkylation sites (tertiary alicyclic amines) is 1. The Labute approximate surface area is 110 Å². The van der Waals surface area contributed by atoms with E-state index in [1.54, 1.807) is 7.11 Å². The molecule has 1 saturated heterocycles. The number of ether oxygens (including phenoxy) is 1. The summed E-state index contributed by atoms with van der Waals surface area (Å²) in [7, 11) is 1.79. The Balaban J connectivity index is 2.22. The summed E-state index contributed by atoms with van der Waals surface area (Å²) in [5, 5.41) is 0. The van der Waals surface area contributed by atoms with E-state index in [-0.39, 0.29) is 6.04 Å². The average molecular weight is 248 g/mol. The number of aryl methyl sites for hydroxylation is 1. The molecule has 18 heavy (non-hydrogen) atoms. The van der Waals surface area contributed by atoms with Crippen molar-refractivity contribution < 1.29 is 4.74 Å². The zero-order valence-electron chi connectivity index (χ0n) is 11.6. The quantitative estimate of drug-likeness (QED) is 0.887. The van der Waals surface area contributed by atoms with Crippen molar-refractivity contribution in [2.24, 2.45) is 5.73 Å². The van der Waals surface area contributed by atoms with Crippen molar-refractivity contribution in [3.63, 3.8) is 0 Å². The minimum atomic E-state index is 0.127. The van der Waals surface area contributed by atoms with Crippen LogP contribution in [0.25, 0.3) is 0 Å². The Morgan fingerprint density at radius 1 is 1.39 bits per heavy atom. The molecule has 1 aliphatic heterocycles. The third kappa shape index (κ3) is 2.74. The summed E-state index contributed by atoms with van der Waals surface area (Å²) in [6.07, 6.45) is 1.46. The van der Waals surface area contributed by atoms with Gasteiger partial charge in [0.1, 0.15) is 0 Å². The van der Waals surface area contributed by atoms with Gasteiger partial charge < -0.3 is 10.5 Å². The second-order valence-electron chi connectivity index (χ2n) is 5.30. The van der Waals surface area contributed by atoms with Crippen molar-refractivity contribution in [2.75, 3.05) is 20.2 Å². The number of methoxy groups -OCH3 is 1. The molecule has 2 rings (SSSR count). The first-order chi connectivity index (χ1) is 8.63. The molecule has 1 aliphatic rings. The first-order valence-electron chi connectivity index (χ1n) is 6.71. The van der Waals surface area contributed by atoms with E-state index < -0.39 is 0 Å². The fraction of sp³-hybridized carbons (Fsp3) is 0.600. The molecule has 1 fully saturated rings. The smallest absolute Gasteiger partial charge is 0.0710 e. The highest BCUT2D eigenvalue weighted by atomic mass is 16.5. The van der Waals surface area contributed by atoms with Crippen LogP contribution in [0.15, 0.2) is 24.3 Å². The van der Waals surface area contributed by atoms with Crippen LogP contribution in [0.4, 0.5) is 0 Å². The maximum Gasteiger partial charge on any atom is 0.0710 e. The van der Waals surface area contributed by atoms with E-state index in [0.717, 1.165) is 19.5 Å². The monoisotopic (exact) mass is 248 g/mol. The lowest BCUT2D eigenvalue weighted by atomic mass is 9.95. The summed E-state index contributed by atoms with van der Waals surface area (Å²) in [6.45, 7) is 6.31. The number of hydrogen-bond donors (Lipinski definition) is 1. The Hall–Kier alpha value is -0.900. The maximum atomic E-state index is 6.22. The Morgan fingerprint density at radius 2 is 2.11 bits per heavy atom. The molecule has 0 saturated carbocycles. The van der Waals surface area contributed by atoms with Crippen molar-refractivity contribution >= 4 is 0 Å². The molecular formula is C15H24N2O. The molecule has 0 radical (unpaired) electrons. The van der Waals surface area contributed by atoms with Gasteiger partial charge in [-0.15, -0.1) is 0 Å². The van der Waals surface area contributed by atoms with Crippen molar-refractivity contribution in [1.82, 2.24) is 4.90 Å². The fourth-order valence-corrected chi connectivity index (χ4v) is 2.93. The zero-order valence-corrected chi connectivity index (χ0v) is 11.6. The minimum Gasteiger partial charge on any atom is -0.380 e. The molecule has 0 bridgehead atoms. The summed E-state index contributed by atoms with van der Waals surface area (Å²) in [5.74, 6) is 0. The zero-order chi connectivity index (χ0) is 13.1. The van der Waals surface area contributed by atoms with Gasteiger partial charge >= 0.3 is 0 Å². The van der Waals surface area contributed by atoms with Gasteiger partial charge in [0.2, 0.25) is 0 Å². The maximum absolute atomic E-state index is 6.22. The van der Waals surface area contributed by atoms with E-state index in [0.29, 0.717) is 12.1 Å². The summed E-state index contributed by atoms with van der Waals surface area (Å²) in [5.41, 5.74) is 8.89. The van der Waals surface area contributed by atoms with E-state index >= 15 is 0 Å². The molecule has 1 heterocycles. The highest BCUT2D eigenvalue weighted by Crippen LogP contribution is 2.30. The largest absolute Gasteiger partial charge is 0.380 e. The number of rotatable bonds is 4. The van der Waals surface area contributed by atoms with E-state index in [1.165, 1.54) is 11.1 Å². The van der Waals surface area contributed by atoms with Gasteiger partial charge in [-0.1, -0.05) is 24.3 Å². The molecule has 3 nitrogen and oxygen atoms in total. The van der Waals surface area contributed by atoms with Gasteiger partial charge in [-0.25, -0.2) is 0 Å². The minimum absolute atomic E-state index is 0.127. The molecule has 0 aliphatic carbocycles. The van der Waals surface area contributed by atoms with Crippen LogP contribution < -0.4 is 5.73 Å². The van der Waals surface area contributed by atoms with Crippen LogP contribution in [0.3, 0.4) is 0 Å². The predicted molar refractivity (Wildman–Crippen MR) is 74.6 cm³/mol. The second-order valence-corrected chi connectivity index (χ2v) is 5.30. The lowest BCUT2D eigenvalue weighted by Gasteiger charge is -2.32. The normalized spacial score (nSPS) is 24.1. The highest BCUT2D eigenvalue weighted by molar-refractivity contribution is 5.30. The van der Waals surface area contributed by atoms with Gasteiger partial charge in [-0.3, -0.25) is 4.90 Å². The van der Waals surface area contributed by atoms with E-state index in [2.05, 4.69) is 43.0 Å². The third-order valence-corrected chi connectivity index (χ3v) is 3.91. The Bertz CT molecular complexity index is 392. The summed E-state index contributed by atoms with van der Waals surface area (Å²) >= 11 is 0. The van der Waals surface area contributed by atoms with Gasteiger partial charge in [0.25, 0.3) is 0 Å². The van der Waals surface area contributed by atoms with E-state index in [9.17, 15) is 0 Å². The van der Waals surface area contributed by atoms with Crippen LogP contribution in [-0.4, -0.2) is 37.2 Å². The highest BCUT2D eigenvalue weighted by Gasteiger charge is 2.31. The second kappa shape index (κ2) is 5.83. The van der Waals surface area contributed by atoms with Gasteiger partial charge in [0.05, 0.1) is 6.10 Å². The summed E-state index contributed by atoms with van der Waals surface area (Å²) in [4.78, 5) is 2.46. The number of nitrogens with zero attached hydrogens (tertiary/aromatic N) is 1. The molecule has 1 aromatic carbocycles. The SMILES string of the molecule is COC1CCN(C(c2ccccc2C)C(C)N)C1. The van der Waals surface area contributed by atoms with Gasteiger partial charge in [-0.05, 0) is 31.4 Å². The van der Waals surface area contributed by atoms with Crippen LogP contribution in [-0.2, 0) is 4.74 Å². The number of hydrogen-bond acceptors (Lipinski definition) is 3. The van der Waals surface area contributed by atoms with E-state index in [1.807, 2.05) is 0 Å². The van der Waals surface area contributed by atoms with Crippen LogP contribution >= 0.6 is 0 Å². The van der Waals surface area contributed by atoms with Crippen LogP contribution in [0.1, 0.15) is 30.5 Å². The Kier molecular flexibility index (Phi) is 4.38. The fourth-order valence-electron chi connectivity index (χ4n) is 2.93. The molecule has 3 heteroatoms. The molecule has 1 aromatic rings. The van der Waals surface area contributed by atoms with Gasteiger partial charge in [0, 0.05) is 32.3 Å². The topological polar surface area (TPSA) is 38.5 Å². The van der Waals surface area contributed by atoms with Crippen molar-refractivity contribution in [1.29, 1.82) is 0 Å². The van der Waals surface area contributed by atoms with Crippen molar-refractivity contribution in [3.8, 4) is 0 Å². The van der Waals surface area contributed by atoms with Crippen molar-refractivity contribution in [2.45, 2.75) is 38.5 Å². The molecule has 100 valence electrons. The predicted octanol–water partition coefficient (Wildman–Crippen LogP) is 2.10. The van der Waals surface area contributed by atoms with E-state index in [4.69, 9.17) is 10.5 Å². The molecule has 3 atom stereocenters. The van der Waals surface area contributed by atoms with Crippen LogP contribution in [0.5, 0.6) is 0 Å². The molecule has 3 unspecified atom stereocenters. The lowest BCUT2D eigenvalue weighted by Crippen LogP contribution is -2.39. The molecule has 0 aromatic heterocycles. The first-order valence-corrected chi connectivity index (χ1v) is 6.71. The third-order valence-electron chi connectivity index (χ3n) is 3.91. The summed E-state index contributed by atoms with van der Waals surface area (Å²) < 4.78 is 5.45. The van der Waals surface area contributed by atoms with Gasteiger partial charge in [-0.2, -0.15) is 0 Å². The lowest BCUT2D eigenvalue weighted by molar-refractivity contribution is 0.0981. The summed E-state index contributed by atoms with van der Waals surface area (Å²) in [6, 6.07) is 8.96. The molecule has 0 spiro atoms. The molecule has 2 N–H and O–H groups in total. The standard InChI is InChI=1S/C15H24N2O/c1-11-6-4-5-7-14(11)15(12(2)16)17-9-8-13(10-17)18-3/h4-7,12-13,15H,8-10,16H2,1-3H3. The van der Waals surface area contributed by atoms with Gasteiger partial charge in [0.15, 0.2) is 0 Å². The number of benzene rings is 1. The van der Waals surface area contributed by atoms with Crippen molar-refractivity contribution in [3.05, 3.63) is 35.4 Å². The molecule has 0 amide bonds. The average Bonchev–Trinajstić information content (AvgIpc) is 2.80. The Morgan fingerprint density at radius 3 is 2.67 bits per heavy atom. The van der Waals surface area contributed by atoms with Crippen LogP contribution in [0.2, 0.25) is 0 Å². The molecular weight excluding hydrogens is 224 g/mol.